The highest BCUT2D eigenvalue weighted by atomic mass is 16.5. The van der Waals surface area contributed by atoms with Crippen LogP contribution in [0.4, 0.5) is 11.4 Å². The number of hydrogen-bond acceptors (Lipinski definition) is 10. The molecule has 0 fully saturated rings. The van der Waals surface area contributed by atoms with Crippen molar-refractivity contribution in [3.63, 3.8) is 0 Å². The van der Waals surface area contributed by atoms with E-state index in [2.05, 4.69) is 10.9 Å². The number of nitrogens with two attached hydrogens (primary N) is 2. The van der Waals surface area contributed by atoms with Gasteiger partial charge < -0.3 is 30.5 Å². The number of nitrogens with zero attached hydrogens (tertiary/aromatic N) is 2. The summed E-state index contributed by atoms with van der Waals surface area (Å²) >= 11 is 0. The smallest absolute Gasteiger partial charge is 0.161 e. The highest BCUT2D eigenvalue weighted by molar-refractivity contribution is 5.99. The van der Waals surface area contributed by atoms with Crippen LogP contribution in [-0.4, -0.2) is 34.4 Å². The third kappa shape index (κ3) is 4.19. The fraction of sp³-hybridized carbons (Fsp3) is 0.167. The van der Waals surface area contributed by atoms with Gasteiger partial charge in [-0.3, -0.25) is 11.7 Å². The monoisotopic (exact) mass is 462 g/mol. The Balaban J connectivity index is 1.89. The highest BCUT2D eigenvalue weighted by Gasteiger charge is 2.18. The molecule has 10 heteroatoms. The zero-order valence-corrected chi connectivity index (χ0v) is 18.8. The van der Waals surface area contributed by atoms with Gasteiger partial charge in [0.2, 0.25) is 0 Å². The van der Waals surface area contributed by atoms with Gasteiger partial charge in [0.1, 0.15) is 5.82 Å². The van der Waals surface area contributed by atoms with E-state index in [0.29, 0.717) is 56.4 Å². The molecule has 176 valence electrons. The molecule has 34 heavy (non-hydrogen) atoms. The molecular weight excluding hydrogens is 436 g/mol. The largest absolute Gasteiger partial charge is 0.504 e. The van der Waals surface area contributed by atoms with Gasteiger partial charge >= 0.3 is 0 Å². The SMILES string of the molecule is COc1cccc(Cc2nc(Cc3cccc(OC)c3O)c3c(NN)c(NN)ccc3n2)c1O. The van der Waals surface area contributed by atoms with Crippen molar-refractivity contribution in [2.75, 3.05) is 25.1 Å². The summed E-state index contributed by atoms with van der Waals surface area (Å²) in [5.74, 6) is 12.8. The van der Waals surface area contributed by atoms with Crippen LogP contribution in [0.25, 0.3) is 10.9 Å². The predicted octanol–water partition coefficient (Wildman–Crippen LogP) is 2.81. The number of anilines is 2. The number of aromatic nitrogens is 2. The second kappa shape index (κ2) is 9.69. The van der Waals surface area contributed by atoms with Gasteiger partial charge in [-0.25, -0.2) is 9.97 Å². The molecule has 4 aromatic rings. The van der Waals surface area contributed by atoms with Crippen LogP contribution in [0.5, 0.6) is 23.0 Å². The van der Waals surface area contributed by atoms with Crippen molar-refractivity contribution in [2.24, 2.45) is 11.7 Å². The van der Waals surface area contributed by atoms with Gasteiger partial charge in [-0.15, -0.1) is 0 Å². The highest BCUT2D eigenvalue weighted by Crippen LogP contribution is 2.36. The number of nitrogen functional groups attached to an aromatic ring is 2. The zero-order valence-electron chi connectivity index (χ0n) is 18.8. The molecule has 0 atom stereocenters. The third-order valence-electron chi connectivity index (χ3n) is 5.60. The van der Waals surface area contributed by atoms with Gasteiger partial charge in [-0.2, -0.15) is 0 Å². The van der Waals surface area contributed by atoms with Crippen molar-refractivity contribution < 1.29 is 19.7 Å². The number of fused-ring (bicyclic) bond motifs is 1. The van der Waals surface area contributed by atoms with Crippen LogP contribution in [0.1, 0.15) is 22.6 Å². The van der Waals surface area contributed by atoms with E-state index >= 15 is 0 Å². The van der Waals surface area contributed by atoms with Crippen molar-refractivity contribution in [3.8, 4) is 23.0 Å². The Morgan fingerprint density at radius 3 is 1.97 bits per heavy atom. The van der Waals surface area contributed by atoms with E-state index in [1.165, 1.54) is 14.2 Å². The maximum atomic E-state index is 10.7. The number of methoxy groups -OCH3 is 2. The average Bonchev–Trinajstić information content (AvgIpc) is 2.85. The van der Waals surface area contributed by atoms with E-state index in [1.807, 2.05) is 0 Å². The molecule has 8 N–H and O–H groups in total. The minimum Gasteiger partial charge on any atom is -0.504 e. The minimum absolute atomic E-state index is 0.0270. The fourth-order valence-electron chi connectivity index (χ4n) is 3.93. The number of phenolic OH excluding ortho intramolecular Hbond substituents is 2. The summed E-state index contributed by atoms with van der Waals surface area (Å²) in [6.45, 7) is 0. The first-order valence-corrected chi connectivity index (χ1v) is 10.5. The second-order valence-electron chi connectivity index (χ2n) is 7.55. The van der Waals surface area contributed by atoms with E-state index in [9.17, 15) is 10.2 Å². The first-order valence-electron chi connectivity index (χ1n) is 10.5. The van der Waals surface area contributed by atoms with Crippen LogP contribution in [0.15, 0.2) is 48.5 Å². The van der Waals surface area contributed by atoms with Crippen LogP contribution < -0.4 is 32.0 Å². The van der Waals surface area contributed by atoms with E-state index in [4.69, 9.17) is 31.1 Å². The van der Waals surface area contributed by atoms with Gasteiger partial charge in [0.15, 0.2) is 23.0 Å². The Kier molecular flexibility index (Phi) is 6.53. The Morgan fingerprint density at radius 2 is 1.41 bits per heavy atom. The summed E-state index contributed by atoms with van der Waals surface area (Å²) in [4.78, 5) is 9.48. The summed E-state index contributed by atoms with van der Waals surface area (Å²) in [5, 5.41) is 21.8. The minimum atomic E-state index is 0.0270. The molecule has 1 aromatic heterocycles. The van der Waals surface area contributed by atoms with Crippen LogP contribution >= 0.6 is 0 Å². The Bertz CT molecular complexity index is 1350. The van der Waals surface area contributed by atoms with Gasteiger partial charge in [-0.1, -0.05) is 24.3 Å². The number of rotatable bonds is 8. The summed E-state index contributed by atoms with van der Waals surface area (Å²) in [6.07, 6.45) is 0.528. The van der Waals surface area contributed by atoms with Gasteiger partial charge in [0, 0.05) is 29.4 Å². The van der Waals surface area contributed by atoms with E-state index in [-0.39, 0.29) is 24.3 Å². The molecule has 1 heterocycles. The first kappa shape index (κ1) is 22.9. The molecule has 0 saturated heterocycles. The fourth-order valence-corrected chi connectivity index (χ4v) is 3.93. The quantitative estimate of drug-likeness (QED) is 0.170. The normalized spacial score (nSPS) is 10.8. The predicted molar refractivity (Wildman–Crippen MR) is 130 cm³/mol. The van der Waals surface area contributed by atoms with Gasteiger partial charge in [0.25, 0.3) is 0 Å². The maximum Gasteiger partial charge on any atom is 0.161 e. The molecule has 0 saturated carbocycles. The van der Waals surface area contributed by atoms with Crippen LogP contribution in [0.2, 0.25) is 0 Å². The first-order chi connectivity index (χ1) is 16.5. The van der Waals surface area contributed by atoms with E-state index in [1.54, 1.807) is 48.5 Å². The van der Waals surface area contributed by atoms with Crippen molar-refractivity contribution in [1.82, 2.24) is 9.97 Å². The Labute approximate surface area is 196 Å². The molecule has 0 aliphatic heterocycles. The summed E-state index contributed by atoms with van der Waals surface area (Å²) in [7, 11) is 2.99. The number of para-hydroxylation sites is 2. The third-order valence-corrected chi connectivity index (χ3v) is 5.60. The molecule has 0 spiro atoms. The summed E-state index contributed by atoms with van der Waals surface area (Å²) in [5.41, 5.74) is 8.84. The maximum absolute atomic E-state index is 10.7. The van der Waals surface area contributed by atoms with Crippen LogP contribution in [0, 0.1) is 0 Å². The lowest BCUT2D eigenvalue weighted by molar-refractivity contribution is 0.371. The molecule has 0 radical (unpaired) electrons. The lowest BCUT2D eigenvalue weighted by Gasteiger charge is -2.16. The number of hydrazine groups is 2. The second-order valence-corrected chi connectivity index (χ2v) is 7.55. The van der Waals surface area contributed by atoms with Crippen molar-refractivity contribution in [3.05, 3.63) is 71.2 Å². The van der Waals surface area contributed by atoms with Gasteiger partial charge in [-0.05, 0) is 24.3 Å². The molecule has 3 aromatic carbocycles. The number of aromatic hydroxyl groups is 2. The van der Waals surface area contributed by atoms with Gasteiger partial charge in [0.05, 0.1) is 36.8 Å². The molecule has 0 aliphatic rings. The molecule has 0 unspecified atom stereocenters. The number of nitrogens with one attached hydrogen (secondary N) is 2. The lowest BCUT2D eigenvalue weighted by Crippen LogP contribution is -2.15. The molecule has 0 aliphatic carbocycles. The topological polar surface area (TPSA) is 161 Å². The Hall–Kier alpha value is -4.28. The number of ether oxygens (including phenoxy) is 2. The van der Waals surface area contributed by atoms with Crippen molar-refractivity contribution in [2.45, 2.75) is 12.8 Å². The van der Waals surface area contributed by atoms with E-state index in [0.717, 1.165) is 0 Å². The number of hydrogen-bond donors (Lipinski definition) is 6. The number of phenols is 2. The lowest BCUT2D eigenvalue weighted by atomic mass is 10.0. The van der Waals surface area contributed by atoms with E-state index < -0.39 is 0 Å². The molecule has 0 bridgehead atoms. The molecule has 0 amide bonds. The molecule has 4 rings (SSSR count). The Morgan fingerprint density at radius 1 is 0.794 bits per heavy atom. The van der Waals surface area contributed by atoms with Crippen molar-refractivity contribution in [1.29, 1.82) is 0 Å². The summed E-state index contributed by atoms with van der Waals surface area (Å²) < 4.78 is 10.5. The zero-order chi connectivity index (χ0) is 24.2. The number of benzene rings is 3. The standard InChI is InChI=1S/C24H26N6O4/c1-33-18-7-3-5-13(23(18)31)11-17-21-15(9-10-16(29-25)22(21)30-26)27-20(28-17)12-14-6-4-8-19(34-2)24(14)32/h3-10,29-32H,11-12,25-26H2,1-2H3. The van der Waals surface area contributed by atoms with Crippen molar-refractivity contribution >= 4 is 22.3 Å². The van der Waals surface area contributed by atoms with Crippen LogP contribution in [-0.2, 0) is 12.8 Å². The molecule has 10 nitrogen and oxygen atoms in total. The summed E-state index contributed by atoms with van der Waals surface area (Å²) in [6, 6.07) is 14.1. The van der Waals surface area contributed by atoms with Crippen LogP contribution in [0.3, 0.4) is 0 Å². The average molecular weight is 463 g/mol. The molecular formula is C24H26N6O4.